The monoisotopic (exact) mass is 333 g/mol. The third kappa shape index (κ3) is 4.82. The fourth-order valence-electron chi connectivity index (χ4n) is 3.59. The molecular formula is C20H31NO3. The van der Waals surface area contributed by atoms with Crippen LogP contribution in [0.2, 0.25) is 0 Å². The van der Waals surface area contributed by atoms with E-state index in [0.717, 1.165) is 50.2 Å². The molecule has 1 saturated heterocycles. The van der Waals surface area contributed by atoms with Gasteiger partial charge in [-0.25, -0.2) is 0 Å². The molecule has 1 fully saturated rings. The number of piperidine rings is 1. The average Bonchev–Trinajstić information content (AvgIpc) is 2.56. The van der Waals surface area contributed by atoms with Crippen LogP contribution in [0, 0.1) is 5.41 Å². The smallest absolute Gasteiger partial charge is 0.125 e. The average molecular weight is 333 g/mol. The molecule has 0 spiro atoms. The van der Waals surface area contributed by atoms with Crippen molar-refractivity contribution >= 4 is 0 Å². The molecule has 0 aromatic heterocycles. The normalized spacial score (nSPS) is 21.9. The molecule has 1 aliphatic heterocycles. The van der Waals surface area contributed by atoms with Gasteiger partial charge in [-0.1, -0.05) is 12.1 Å². The third-order valence-corrected chi connectivity index (χ3v) is 4.72. The van der Waals surface area contributed by atoms with E-state index in [1.807, 2.05) is 32.1 Å². The van der Waals surface area contributed by atoms with E-state index in [1.165, 1.54) is 5.56 Å². The Kier molecular flexibility index (Phi) is 6.84. The molecule has 1 atom stereocenters. The van der Waals surface area contributed by atoms with Gasteiger partial charge in [0.1, 0.15) is 5.75 Å². The summed E-state index contributed by atoms with van der Waals surface area (Å²) in [5.41, 5.74) is 1.95. The van der Waals surface area contributed by atoms with Gasteiger partial charge in [0, 0.05) is 24.1 Å². The zero-order chi connectivity index (χ0) is 17.6. The Bertz CT molecular complexity index is 544. The highest BCUT2D eigenvalue weighted by Crippen LogP contribution is 2.34. The molecular weight excluding hydrogens is 302 g/mol. The van der Waals surface area contributed by atoms with Gasteiger partial charge >= 0.3 is 0 Å². The van der Waals surface area contributed by atoms with Gasteiger partial charge in [-0.05, 0) is 57.4 Å². The van der Waals surface area contributed by atoms with Gasteiger partial charge in [0.15, 0.2) is 0 Å². The van der Waals surface area contributed by atoms with Crippen molar-refractivity contribution in [3.8, 4) is 5.75 Å². The van der Waals surface area contributed by atoms with Crippen LogP contribution in [-0.2, 0) is 13.2 Å². The lowest BCUT2D eigenvalue weighted by Gasteiger charge is -2.41. The lowest BCUT2D eigenvalue weighted by atomic mass is 9.77. The molecule has 0 bridgehead atoms. The Morgan fingerprint density at radius 1 is 1.38 bits per heavy atom. The number of likely N-dealkylation sites (tertiary alicyclic amines) is 1. The summed E-state index contributed by atoms with van der Waals surface area (Å²) in [5, 5.41) is 19.4. The molecule has 24 heavy (non-hydrogen) atoms. The molecule has 2 rings (SSSR count). The van der Waals surface area contributed by atoms with Crippen LogP contribution in [0.25, 0.3) is 0 Å². The summed E-state index contributed by atoms with van der Waals surface area (Å²) in [5.74, 6) is 0.756. The quantitative estimate of drug-likeness (QED) is 0.718. The van der Waals surface area contributed by atoms with Crippen molar-refractivity contribution in [2.75, 3.05) is 19.7 Å². The van der Waals surface area contributed by atoms with E-state index in [9.17, 15) is 10.2 Å². The predicted octanol–water partition coefficient (Wildman–Crippen LogP) is 3.12. The van der Waals surface area contributed by atoms with E-state index in [-0.39, 0.29) is 24.7 Å². The number of rotatable bonds is 8. The lowest BCUT2D eigenvalue weighted by Crippen LogP contribution is -2.44. The first-order valence-corrected chi connectivity index (χ1v) is 8.85. The Balaban J connectivity index is 2.08. The summed E-state index contributed by atoms with van der Waals surface area (Å²) < 4.78 is 5.75. The fourth-order valence-corrected chi connectivity index (χ4v) is 3.59. The molecule has 0 saturated carbocycles. The number of allylic oxidation sites excluding steroid dienone is 1. The molecule has 0 aliphatic carbocycles. The minimum Gasteiger partial charge on any atom is -0.491 e. The first-order valence-electron chi connectivity index (χ1n) is 8.85. The first-order chi connectivity index (χ1) is 11.5. The van der Waals surface area contributed by atoms with Gasteiger partial charge in [-0.15, -0.1) is 6.58 Å². The van der Waals surface area contributed by atoms with Crippen molar-refractivity contribution in [3.05, 3.63) is 42.0 Å². The number of hydrogen-bond donors (Lipinski definition) is 2. The maximum Gasteiger partial charge on any atom is 0.125 e. The van der Waals surface area contributed by atoms with Crippen molar-refractivity contribution < 1.29 is 14.9 Å². The van der Waals surface area contributed by atoms with E-state index < -0.39 is 0 Å². The zero-order valence-corrected chi connectivity index (χ0v) is 15.0. The highest BCUT2D eigenvalue weighted by Gasteiger charge is 2.33. The second-order valence-electron chi connectivity index (χ2n) is 7.23. The lowest BCUT2D eigenvalue weighted by molar-refractivity contribution is 0.0309. The van der Waals surface area contributed by atoms with Gasteiger partial charge in [0.2, 0.25) is 0 Å². The first kappa shape index (κ1) is 19.0. The third-order valence-electron chi connectivity index (χ3n) is 4.72. The number of benzene rings is 1. The summed E-state index contributed by atoms with van der Waals surface area (Å²) in [7, 11) is 0. The molecule has 4 nitrogen and oxygen atoms in total. The fraction of sp³-hybridized carbons (Fsp3) is 0.600. The Hall–Kier alpha value is -1.36. The molecule has 0 radical (unpaired) electrons. The van der Waals surface area contributed by atoms with Crippen molar-refractivity contribution in [2.45, 2.75) is 52.4 Å². The minimum atomic E-state index is -0.0551. The van der Waals surface area contributed by atoms with Crippen LogP contribution in [0.3, 0.4) is 0 Å². The summed E-state index contributed by atoms with van der Waals surface area (Å²) in [6.45, 7) is 10.7. The summed E-state index contributed by atoms with van der Waals surface area (Å²) in [6, 6.07) is 6.05. The van der Waals surface area contributed by atoms with Crippen LogP contribution in [-0.4, -0.2) is 40.9 Å². The highest BCUT2D eigenvalue weighted by atomic mass is 16.5. The Labute approximate surface area is 145 Å². The molecule has 0 amide bonds. The maximum atomic E-state index is 9.83. The molecule has 1 heterocycles. The van der Waals surface area contributed by atoms with Crippen LogP contribution in [0.15, 0.2) is 30.9 Å². The topological polar surface area (TPSA) is 52.9 Å². The van der Waals surface area contributed by atoms with Crippen molar-refractivity contribution in [1.82, 2.24) is 4.90 Å². The van der Waals surface area contributed by atoms with E-state index in [1.54, 1.807) is 0 Å². The molecule has 0 unspecified atom stereocenters. The van der Waals surface area contributed by atoms with Gasteiger partial charge < -0.3 is 14.9 Å². The summed E-state index contributed by atoms with van der Waals surface area (Å²) in [6.07, 6.45) is 5.00. The Morgan fingerprint density at radius 2 is 2.17 bits per heavy atom. The molecule has 2 N–H and O–H groups in total. The highest BCUT2D eigenvalue weighted by molar-refractivity contribution is 5.37. The summed E-state index contributed by atoms with van der Waals surface area (Å²) >= 11 is 0. The SMILES string of the molecule is C=CC[C@@]1(CO)CCCN(Cc2ccc(OC(C)C)c(CO)c2)C1. The van der Waals surface area contributed by atoms with Gasteiger partial charge in [-0.2, -0.15) is 0 Å². The molecule has 1 aromatic carbocycles. The van der Waals surface area contributed by atoms with Crippen LogP contribution in [0.1, 0.15) is 44.2 Å². The standard InChI is InChI=1S/C20H31NO3/c1-4-8-20(15-23)9-5-10-21(14-20)12-17-6-7-19(24-16(2)3)18(11-17)13-22/h4,6-7,11,16,22-23H,1,5,8-10,12-15H2,2-3H3/t20-/m1/s1. The number of hydrogen-bond acceptors (Lipinski definition) is 4. The van der Waals surface area contributed by atoms with Gasteiger partial charge in [0.05, 0.1) is 19.3 Å². The van der Waals surface area contributed by atoms with E-state index in [2.05, 4.69) is 17.5 Å². The second kappa shape index (κ2) is 8.65. The molecule has 1 aliphatic rings. The van der Waals surface area contributed by atoms with Gasteiger partial charge in [-0.3, -0.25) is 4.90 Å². The minimum absolute atomic E-state index is 0.0209. The molecule has 134 valence electrons. The number of nitrogens with zero attached hydrogens (tertiary/aromatic N) is 1. The van der Waals surface area contributed by atoms with E-state index >= 15 is 0 Å². The predicted molar refractivity (Wildman–Crippen MR) is 97.0 cm³/mol. The van der Waals surface area contributed by atoms with Crippen molar-refractivity contribution in [2.24, 2.45) is 5.41 Å². The van der Waals surface area contributed by atoms with Crippen molar-refractivity contribution in [1.29, 1.82) is 0 Å². The van der Waals surface area contributed by atoms with Crippen LogP contribution >= 0.6 is 0 Å². The van der Waals surface area contributed by atoms with Crippen LogP contribution in [0.4, 0.5) is 0 Å². The van der Waals surface area contributed by atoms with E-state index in [0.29, 0.717) is 0 Å². The van der Waals surface area contributed by atoms with Crippen LogP contribution in [0.5, 0.6) is 5.75 Å². The number of aliphatic hydroxyl groups is 2. The molecule has 4 heteroatoms. The second-order valence-corrected chi connectivity index (χ2v) is 7.23. The van der Waals surface area contributed by atoms with Gasteiger partial charge in [0.25, 0.3) is 0 Å². The largest absolute Gasteiger partial charge is 0.491 e. The summed E-state index contributed by atoms with van der Waals surface area (Å²) in [4.78, 5) is 2.39. The number of ether oxygens (including phenoxy) is 1. The van der Waals surface area contributed by atoms with Crippen molar-refractivity contribution in [3.63, 3.8) is 0 Å². The molecule has 1 aromatic rings. The zero-order valence-electron chi connectivity index (χ0n) is 15.0. The van der Waals surface area contributed by atoms with Crippen LogP contribution < -0.4 is 4.74 Å². The number of aliphatic hydroxyl groups excluding tert-OH is 2. The van der Waals surface area contributed by atoms with E-state index in [4.69, 9.17) is 4.74 Å². The Morgan fingerprint density at radius 3 is 2.79 bits per heavy atom. The maximum absolute atomic E-state index is 9.83.